The summed E-state index contributed by atoms with van der Waals surface area (Å²) in [5.74, 6) is 4.61. The second-order valence-electron chi connectivity index (χ2n) is 10.5. The molecule has 0 radical (unpaired) electrons. The van der Waals surface area contributed by atoms with Crippen molar-refractivity contribution < 1.29 is 5.11 Å². The van der Waals surface area contributed by atoms with E-state index in [1.54, 1.807) is 0 Å². The van der Waals surface area contributed by atoms with Gasteiger partial charge in [0, 0.05) is 0 Å². The number of aliphatic hydroxyl groups excluding tert-OH is 1. The third-order valence-corrected chi connectivity index (χ3v) is 8.93. The molecule has 3 saturated carbocycles. The van der Waals surface area contributed by atoms with Crippen molar-refractivity contribution in [1.82, 2.24) is 0 Å². The van der Waals surface area contributed by atoms with Crippen LogP contribution in [0.15, 0.2) is 0 Å². The van der Waals surface area contributed by atoms with Gasteiger partial charge in [-0.1, -0.05) is 47.5 Å². The van der Waals surface area contributed by atoms with Crippen LogP contribution in [-0.4, -0.2) is 11.2 Å². The van der Waals surface area contributed by atoms with E-state index in [9.17, 15) is 5.11 Å². The zero-order valence-corrected chi connectivity index (χ0v) is 17.0. The van der Waals surface area contributed by atoms with E-state index in [0.29, 0.717) is 10.8 Å². The zero-order valence-electron chi connectivity index (χ0n) is 17.0. The van der Waals surface area contributed by atoms with Crippen LogP contribution in [0.2, 0.25) is 0 Å². The second kappa shape index (κ2) is 6.93. The van der Waals surface area contributed by atoms with Crippen molar-refractivity contribution in [3.63, 3.8) is 0 Å². The Labute approximate surface area is 151 Å². The first kappa shape index (κ1) is 18.7. The number of hydrogen-bond donors (Lipinski definition) is 1. The van der Waals surface area contributed by atoms with E-state index in [2.05, 4.69) is 34.6 Å². The van der Waals surface area contributed by atoms with Crippen LogP contribution in [0, 0.1) is 40.4 Å². The molecule has 0 spiro atoms. The van der Waals surface area contributed by atoms with Crippen molar-refractivity contribution in [3.8, 4) is 0 Å². The Morgan fingerprint density at radius 2 is 1.58 bits per heavy atom. The Morgan fingerprint density at radius 1 is 0.917 bits per heavy atom. The van der Waals surface area contributed by atoms with Crippen LogP contribution in [0.3, 0.4) is 0 Å². The summed E-state index contributed by atoms with van der Waals surface area (Å²) in [5, 5.41) is 10.00. The third kappa shape index (κ3) is 3.08. The van der Waals surface area contributed by atoms with E-state index in [4.69, 9.17) is 0 Å². The SMILES string of the molecule is CCCC1C(C2(C)CCC(O)CC2)CCC2(C)C(C(C)C)CCC12. The predicted octanol–water partition coefficient (Wildman–Crippen LogP) is 6.44. The molecule has 0 aromatic rings. The Balaban J connectivity index is 1.83. The molecular formula is C23H42O. The normalized spacial score (nSPS) is 49.4. The number of fused-ring (bicyclic) bond motifs is 1. The van der Waals surface area contributed by atoms with Gasteiger partial charge in [-0.2, -0.15) is 0 Å². The lowest BCUT2D eigenvalue weighted by molar-refractivity contribution is -0.0717. The fraction of sp³-hybridized carbons (Fsp3) is 1.00. The van der Waals surface area contributed by atoms with Crippen molar-refractivity contribution in [2.75, 3.05) is 0 Å². The second-order valence-corrected chi connectivity index (χ2v) is 10.5. The highest BCUT2D eigenvalue weighted by molar-refractivity contribution is 5.06. The van der Waals surface area contributed by atoms with Gasteiger partial charge in [0.2, 0.25) is 0 Å². The summed E-state index contributed by atoms with van der Waals surface area (Å²) in [7, 11) is 0. The molecule has 1 N–H and O–H groups in total. The van der Waals surface area contributed by atoms with Crippen molar-refractivity contribution >= 4 is 0 Å². The summed E-state index contributed by atoms with van der Waals surface area (Å²) in [5.41, 5.74) is 1.10. The molecule has 24 heavy (non-hydrogen) atoms. The maximum Gasteiger partial charge on any atom is 0.0540 e. The smallest absolute Gasteiger partial charge is 0.0540 e. The third-order valence-electron chi connectivity index (χ3n) is 8.93. The largest absolute Gasteiger partial charge is 0.393 e. The monoisotopic (exact) mass is 334 g/mol. The summed E-state index contributed by atoms with van der Waals surface area (Å²) in [4.78, 5) is 0. The molecule has 0 aromatic heterocycles. The lowest BCUT2D eigenvalue weighted by Gasteiger charge is -2.55. The molecule has 5 unspecified atom stereocenters. The standard InChI is InChI=1S/C23H42O/c1-6-7-18-20(22(4)13-10-17(24)11-14-22)12-15-23(5)19(16(2)3)8-9-21(18)23/h16-21,24H,6-15H2,1-5H3. The quantitative estimate of drug-likeness (QED) is 0.627. The summed E-state index contributed by atoms with van der Waals surface area (Å²) in [6.45, 7) is 12.5. The highest BCUT2D eigenvalue weighted by atomic mass is 16.3. The molecule has 3 aliphatic carbocycles. The van der Waals surface area contributed by atoms with Crippen molar-refractivity contribution in [1.29, 1.82) is 0 Å². The minimum Gasteiger partial charge on any atom is -0.393 e. The van der Waals surface area contributed by atoms with Gasteiger partial charge in [0.1, 0.15) is 0 Å². The molecule has 5 atom stereocenters. The molecule has 1 nitrogen and oxygen atoms in total. The first-order valence-corrected chi connectivity index (χ1v) is 11.0. The molecule has 0 saturated heterocycles. The van der Waals surface area contributed by atoms with E-state index in [-0.39, 0.29) is 6.10 Å². The molecule has 3 aliphatic rings. The Kier molecular flexibility index (Phi) is 5.41. The summed E-state index contributed by atoms with van der Waals surface area (Å²) < 4.78 is 0. The number of rotatable bonds is 4. The minimum atomic E-state index is -0.0200. The van der Waals surface area contributed by atoms with Crippen LogP contribution in [0.25, 0.3) is 0 Å². The zero-order chi connectivity index (χ0) is 17.5. The van der Waals surface area contributed by atoms with E-state index in [1.807, 2.05) is 0 Å². The van der Waals surface area contributed by atoms with Crippen molar-refractivity contribution in [2.45, 2.75) is 105 Å². The lowest BCUT2D eigenvalue weighted by atomic mass is 9.49. The first-order chi connectivity index (χ1) is 11.3. The fourth-order valence-electron chi connectivity index (χ4n) is 7.66. The molecule has 3 rings (SSSR count). The van der Waals surface area contributed by atoms with Crippen LogP contribution in [-0.2, 0) is 0 Å². The Morgan fingerprint density at radius 3 is 2.17 bits per heavy atom. The molecule has 0 bridgehead atoms. The molecule has 0 aromatic carbocycles. The number of aliphatic hydroxyl groups is 1. The molecule has 0 heterocycles. The van der Waals surface area contributed by atoms with Gasteiger partial charge >= 0.3 is 0 Å². The van der Waals surface area contributed by atoms with Crippen molar-refractivity contribution in [2.24, 2.45) is 40.4 Å². The van der Waals surface area contributed by atoms with Gasteiger partial charge < -0.3 is 5.11 Å². The van der Waals surface area contributed by atoms with E-state index < -0.39 is 0 Å². The average molecular weight is 335 g/mol. The van der Waals surface area contributed by atoms with Crippen LogP contribution in [0.5, 0.6) is 0 Å². The van der Waals surface area contributed by atoms with E-state index >= 15 is 0 Å². The topological polar surface area (TPSA) is 20.2 Å². The molecule has 3 fully saturated rings. The van der Waals surface area contributed by atoms with E-state index in [1.165, 1.54) is 51.4 Å². The molecule has 140 valence electrons. The van der Waals surface area contributed by atoms with Crippen LogP contribution < -0.4 is 0 Å². The van der Waals surface area contributed by atoms with Crippen molar-refractivity contribution in [3.05, 3.63) is 0 Å². The highest BCUT2D eigenvalue weighted by Gasteiger charge is 2.56. The maximum atomic E-state index is 10.00. The predicted molar refractivity (Wildman–Crippen MR) is 103 cm³/mol. The van der Waals surface area contributed by atoms with Gasteiger partial charge in [-0.3, -0.25) is 0 Å². The molecular weight excluding hydrogens is 292 g/mol. The first-order valence-electron chi connectivity index (χ1n) is 11.0. The number of hydrogen-bond acceptors (Lipinski definition) is 1. The molecule has 0 aliphatic heterocycles. The fourth-order valence-corrected chi connectivity index (χ4v) is 7.66. The summed E-state index contributed by atoms with van der Waals surface area (Å²) >= 11 is 0. The molecule has 1 heteroatoms. The van der Waals surface area contributed by atoms with Gasteiger partial charge in [0.05, 0.1) is 6.10 Å². The maximum absolute atomic E-state index is 10.00. The van der Waals surface area contributed by atoms with Crippen LogP contribution in [0.4, 0.5) is 0 Å². The van der Waals surface area contributed by atoms with Gasteiger partial charge in [-0.05, 0) is 91.8 Å². The lowest BCUT2D eigenvalue weighted by Crippen LogP contribution is -2.48. The minimum absolute atomic E-state index is 0.0200. The van der Waals surface area contributed by atoms with Crippen LogP contribution in [0.1, 0.15) is 98.8 Å². The summed E-state index contributed by atoms with van der Waals surface area (Å²) in [6.07, 6.45) is 13.2. The Hall–Kier alpha value is -0.0400. The highest BCUT2D eigenvalue weighted by Crippen LogP contribution is 2.65. The average Bonchev–Trinajstić information content (AvgIpc) is 2.88. The van der Waals surface area contributed by atoms with Gasteiger partial charge in [-0.15, -0.1) is 0 Å². The van der Waals surface area contributed by atoms with Gasteiger partial charge in [-0.25, -0.2) is 0 Å². The van der Waals surface area contributed by atoms with Crippen LogP contribution >= 0.6 is 0 Å². The van der Waals surface area contributed by atoms with E-state index in [0.717, 1.165) is 42.4 Å². The molecule has 0 amide bonds. The van der Waals surface area contributed by atoms with Gasteiger partial charge in [0.25, 0.3) is 0 Å². The van der Waals surface area contributed by atoms with Gasteiger partial charge in [0.15, 0.2) is 0 Å². The Bertz CT molecular complexity index is 420. The summed E-state index contributed by atoms with van der Waals surface area (Å²) in [6, 6.07) is 0.